The van der Waals surface area contributed by atoms with Crippen LogP contribution in [0.15, 0.2) is 23.4 Å². The van der Waals surface area contributed by atoms with Crippen LogP contribution in [-0.2, 0) is 4.74 Å². The van der Waals surface area contributed by atoms with Gasteiger partial charge in [0.25, 0.3) is 0 Å². The number of aliphatic hydroxyl groups is 1. The molecule has 21 heavy (non-hydrogen) atoms. The van der Waals surface area contributed by atoms with E-state index in [0.717, 1.165) is 5.69 Å². The molecule has 2 aliphatic heterocycles. The lowest BCUT2D eigenvalue weighted by molar-refractivity contribution is 0.126. The Hall–Kier alpha value is -2.35. The van der Waals surface area contributed by atoms with Gasteiger partial charge in [-0.25, -0.2) is 4.79 Å². The van der Waals surface area contributed by atoms with Crippen LogP contribution in [0.3, 0.4) is 0 Å². The van der Waals surface area contributed by atoms with Crippen LogP contribution in [0.5, 0.6) is 5.75 Å². The summed E-state index contributed by atoms with van der Waals surface area (Å²) in [5, 5.41) is 14.6. The average Bonchev–Trinajstić information content (AvgIpc) is 2.82. The minimum Gasteiger partial charge on any atom is -0.489 e. The molecule has 0 unspecified atom stereocenters. The van der Waals surface area contributed by atoms with Gasteiger partial charge in [-0.15, -0.1) is 0 Å². The number of anilines is 2. The first-order valence-electron chi connectivity index (χ1n) is 6.65. The van der Waals surface area contributed by atoms with Gasteiger partial charge in [-0.1, -0.05) is 5.18 Å². The number of nitrogens with zero attached hydrogens (tertiary/aromatic N) is 2. The molecule has 2 N–H and O–H groups in total. The Labute approximate surface area is 120 Å². The van der Waals surface area contributed by atoms with E-state index in [1.165, 1.54) is 4.90 Å². The molecule has 8 heteroatoms. The minimum absolute atomic E-state index is 0.0266. The standard InChI is InChI=1S/C13H15N3O5/c17-4-3-14-8-1-2-9-11(5-8)20-7-10-12(6-15-19)21-13(18)16(9)10/h1-2,5,10,12,14,17H,3-4,6-7H2/t10-,12-/m0/s1. The van der Waals surface area contributed by atoms with Gasteiger partial charge in [-0.2, -0.15) is 4.91 Å². The third-order valence-electron chi connectivity index (χ3n) is 3.53. The van der Waals surface area contributed by atoms with E-state index in [4.69, 9.17) is 14.6 Å². The molecule has 2 atom stereocenters. The maximum Gasteiger partial charge on any atom is 0.415 e. The molecule has 0 spiro atoms. The Morgan fingerprint density at radius 3 is 3.10 bits per heavy atom. The van der Waals surface area contributed by atoms with Gasteiger partial charge in [-0.3, -0.25) is 4.90 Å². The van der Waals surface area contributed by atoms with Gasteiger partial charge in [0.1, 0.15) is 24.9 Å². The summed E-state index contributed by atoms with van der Waals surface area (Å²) in [6, 6.07) is 4.97. The summed E-state index contributed by atoms with van der Waals surface area (Å²) < 4.78 is 10.8. The predicted octanol–water partition coefficient (Wildman–Crippen LogP) is 0.943. The smallest absolute Gasteiger partial charge is 0.415 e. The van der Waals surface area contributed by atoms with Gasteiger partial charge in [0.15, 0.2) is 6.10 Å². The molecule has 1 saturated heterocycles. The summed E-state index contributed by atoms with van der Waals surface area (Å²) in [6.07, 6.45) is -1.07. The summed E-state index contributed by atoms with van der Waals surface area (Å²) in [6.45, 7) is 0.628. The molecule has 0 saturated carbocycles. The van der Waals surface area contributed by atoms with Crippen molar-refractivity contribution in [2.24, 2.45) is 5.18 Å². The van der Waals surface area contributed by atoms with Crippen molar-refractivity contribution in [1.82, 2.24) is 0 Å². The molecule has 1 amide bonds. The zero-order chi connectivity index (χ0) is 14.8. The van der Waals surface area contributed by atoms with Crippen LogP contribution in [0, 0.1) is 4.91 Å². The molecule has 0 aromatic heterocycles. The Bertz CT molecular complexity index is 565. The van der Waals surface area contributed by atoms with Crippen molar-refractivity contribution in [1.29, 1.82) is 0 Å². The molecule has 0 bridgehead atoms. The second kappa shape index (κ2) is 5.57. The molecule has 2 aliphatic rings. The average molecular weight is 293 g/mol. The van der Waals surface area contributed by atoms with E-state index in [1.54, 1.807) is 18.2 Å². The van der Waals surface area contributed by atoms with Gasteiger partial charge in [0, 0.05) is 18.3 Å². The van der Waals surface area contributed by atoms with Crippen molar-refractivity contribution in [3.05, 3.63) is 23.1 Å². The Morgan fingerprint density at radius 2 is 2.33 bits per heavy atom. The van der Waals surface area contributed by atoms with Crippen LogP contribution in [0.4, 0.5) is 16.2 Å². The van der Waals surface area contributed by atoms with Gasteiger partial charge < -0.3 is 19.9 Å². The molecule has 1 aromatic rings. The zero-order valence-electron chi connectivity index (χ0n) is 11.2. The van der Waals surface area contributed by atoms with Crippen LogP contribution in [-0.4, -0.2) is 49.6 Å². The van der Waals surface area contributed by atoms with Crippen LogP contribution < -0.4 is 15.0 Å². The first kappa shape index (κ1) is 13.6. The number of benzene rings is 1. The number of carbonyl (C=O) groups excluding carboxylic acids is 1. The normalized spacial score (nSPS) is 22.9. The summed E-state index contributed by atoms with van der Waals surface area (Å²) in [7, 11) is 0. The lowest BCUT2D eigenvalue weighted by atomic mass is 10.1. The fourth-order valence-electron chi connectivity index (χ4n) is 2.57. The number of cyclic esters (lactones) is 1. The van der Waals surface area contributed by atoms with Crippen LogP contribution in [0.2, 0.25) is 0 Å². The SMILES string of the molecule is O=NC[C@@H]1OC(=O)N2c3ccc(NCCO)cc3OC[C@@H]12. The summed E-state index contributed by atoms with van der Waals surface area (Å²) in [5.74, 6) is 0.561. The largest absolute Gasteiger partial charge is 0.489 e. The second-order valence-electron chi connectivity index (χ2n) is 4.82. The van der Waals surface area contributed by atoms with E-state index in [0.29, 0.717) is 18.0 Å². The number of ether oxygens (including phenoxy) is 2. The van der Waals surface area contributed by atoms with Crippen molar-refractivity contribution in [3.8, 4) is 5.75 Å². The van der Waals surface area contributed by atoms with Crippen molar-refractivity contribution in [3.63, 3.8) is 0 Å². The van der Waals surface area contributed by atoms with Crippen molar-refractivity contribution >= 4 is 17.5 Å². The summed E-state index contributed by atoms with van der Waals surface area (Å²) in [4.78, 5) is 23.9. The van der Waals surface area contributed by atoms with E-state index in [9.17, 15) is 9.70 Å². The molecular weight excluding hydrogens is 278 g/mol. The molecule has 3 rings (SSSR count). The monoisotopic (exact) mass is 293 g/mol. The van der Waals surface area contributed by atoms with E-state index >= 15 is 0 Å². The lowest BCUT2D eigenvalue weighted by Gasteiger charge is -2.31. The predicted molar refractivity (Wildman–Crippen MR) is 74.7 cm³/mol. The van der Waals surface area contributed by atoms with Gasteiger partial charge >= 0.3 is 6.09 Å². The van der Waals surface area contributed by atoms with E-state index in [1.807, 2.05) is 0 Å². The highest BCUT2D eigenvalue weighted by Gasteiger charge is 2.46. The van der Waals surface area contributed by atoms with Crippen LogP contribution >= 0.6 is 0 Å². The summed E-state index contributed by atoms with van der Waals surface area (Å²) >= 11 is 0. The first-order valence-corrected chi connectivity index (χ1v) is 6.65. The highest BCUT2D eigenvalue weighted by Crippen LogP contribution is 2.40. The fraction of sp³-hybridized carbons (Fsp3) is 0.462. The number of nitroso groups, excluding NO2 is 1. The van der Waals surface area contributed by atoms with Gasteiger partial charge in [-0.05, 0) is 12.1 Å². The third-order valence-corrected chi connectivity index (χ3v) is 3.53. The zero-order valence-corrected chi connectivity index (χ0v) is 11.2. The Balaban J connectivity index is 1.86. The van der Waals surface area contributed by atoms with E-state index < -0.39 is 12.2 Å². The van der Waals surface area contributed by atoms with Crippen LogP contribution in [0.1, 0.15) is 0 Å². The Morgan fingerprint density at radius 1 is 1.48 bits per heavy atom. The number of carbonyl (C=O) groups is 1. The number of aliphatic hydroxyl groups excluding tert-OH is 1. The number of amides is 1. The molecule has 112 valence electrons. The Kier molecular flexibility index (Phi) is 3.61. The number of hydrogen-bond acceptors (Lipinski definition) is 7. The van der Waals surface area contributed by atoms with E-state index in [2.05, 4.69) is 10.5 Å². The first-order chi connectivity index (χ1) is 10.2. The molecule has 0 radical (unpaired) electrons. The van der Waals surface area contributed by atoms with Crippen molar-refractivity contribution in [2.75, 3.05) is 36.5 Å². The van der Waals surface area contributed by atoms with E-state index in [-0.39, 0.29) is 25.8 Å². The number of rotatable bonds is 5. The summed E-state index contributed by atoms with van der Waals surface area (Å²) in [5.41, 5.74) is 1.40. The maximum atomic E-state index is 12.0. The highest BCUT2D eigenvalue weighted by molar-refractivity contribution is 5.93. The van der Waals surface area contributed by atoms with Crippen molar-refractivity contribution < 1.29 is 19.4 Å². The molecule has 0 aliphatic carbocycles. The quantitative estimate of drug-likeness (QED) is 0.784. The molecule has 1 fully saturated rings. The number of nitrogens with one attached hydrogen (secondary N) is 1. The highest BCUT2D eigenvalue weighted by atomic mass is 16.6. The topological polar surface area (TPSA) is 100 Å². The van der Waals surface area contributed by atoms with Crippen LogP contribution in [0.25, 0.3) is 0 Å². The maximum absolute atomic E-state index is 12.0. The molecule has 2 heterocycles. The molecule has 8 nitrogen and oxygen atoms in total. The number of fused-ring (bicyclic) bond motifs is 3. The van der Waals surface area contributed by atoms with Crippen molar-refractivity contribution in [2.45, 2.75) is 12.1 Å². The second-order valence-corrected chi connectivity index (χ2v) is 4.82. The number of hydrogen-bond donors (Lipinski definition) is 2. The lowest BCUT2D eigenvalue weighted by Crippen LogP contribution is -2.45. The fourth-order valence-corrected chi connectivity index (χ4v) is 2.57. The van der Waals surface area contributed by atoms with Gasteiger partial charge in [0.05, 0.1) is 12.3 Å². The third kappa shape index (κ3) is 2.38. The minimum atomic E-state index is -0.574. The molecule has 1 aromatic carbocycles. The molecular formula is C13H15N3O5. The van der Waals surface area contributed by atoms with Gasteiger partial charge in [0.2, 0.25) is 0 Å².